The number of carbonyl (C=O) groups is 1. The third-order valence-electron chi connectivity index (χ3n) is 4.68. The zero-order valence-corrected chi connectivity index (χ0v) is 14.8. The molecule has 0 fully saturated rings. The van der Waals surface area contributed by atoms with Gasteiger partial charge in [0.25, 0.3) is 0 Å². The SMILES string of the molecule is CCN(CCC(=O)O)c1ccc2nc3c4ccccc4c(=O)cc-3oc2c1. The molecule has 0 unspecified atom stereocenters. The van der Waals surface area contributed by atoms with E-state index in [-0.39, 0.29) is 11.8 Å². The fourth-order valence-corrected chi connectivity index (χ4v) is 3.31. The average Bonchev–Trinajstić information content (AvgIpc) is 2.67. The van der Waals surface area contributed by atoms with Crippen molar-refractivity contribution in [1.82, 2.24) is 4.98 Å². The van der Waals surface area contributed by atoms with Crippen molar-refractivity contribution < 1.29 is 14.3 Å². The van der Waals surface area contributed by atoms with Gasteiger partial charge in [-0.05, 0) is 19.1 Å². The number of fused-ring (bicyclic) bond motifs is 4. The van der Waals surface area contributed by atoms with Gasteiger partial charge in [0.1, 0.15) is 11.2 Å². The van der Waals surface area contributed by atoms with Crippen molar-refractivity contribution in [1.29, 1.82) is 0 Å². The van der Waals surface area contributed by atoms with Crippen LogP contribution in [0.1, 0.15) is 13.3 Å². The van der Waals surface area contributed by atoms with E-state index in [0.717, 1.165) is 11.1 Å². The fraction of sp³-hybridized carbons (Fsp3) is 0.190. The van der Waals surface area contributed by atoms with Gasteiger partial charge in [-0.1, -0.05) is 24.3 Å². The number of carboxylic acids is 1. The maximum atomic E-state index is 12.3. The third kappa shape index (κ3) is 3.10. The maximum absolute atomic E-state index is 12.3. The first-order chi connectivity index (χ1) is 13.1. The lowest BCUT2D eigenvalue weighted by Gasteiger charge is -2.22. The molecule has 0 radical (unpaired) electrons. The molecule has 1 aliphatic heterocycles. The topological polar surface area (TPSA) is 83.6 Å². The van der Waals surface area contributed by atoms with E-state index in [1.165, 1.54) is 6.07 Å². The summed E-state index contributed by atoms with van der Waals surface area (Å²) in [7, 11) is 0. The number of aromatic nitrogens is 1. The monoisotopic (exact) mass is 362 g/mol. The molecule has 0 saturated heterocycles. The molecule has 1 aliphatic carbocycles. The van der Waals surface area contributed by atoms with Crippen LogP contribution in [0, 0.1) is 0 Å². The second-order valence-electron chi connectivity index (χ2n) is 6.36. The second-order valence-corrected chi connectivity index (χ2v) is 6.36. The lowest BCUT2D eigenvalue weighted by molar-refractivity contribution is -0.136. The highest BCUT2D eigenvalue weighted by Crippen LogP contribution is 2.31. The number of carboxylic acid groups (broad SMARTS) is 1. The second kappa shape index (κ2) is 6.72. The Morgan fingerprint density at radius 1 is 1.15 bits per heavy atom. The van der Waals surface area contributed by atoms with Crippen LogP contribution in [0.4, 0.5) is 5.69 Å². The highest BCUT2D eigenvalue weighted by Gasteiger charge is 2.16. The standard InChI is InChI=1S/C21H18N2O4/c1-2-23(10-9-20(25)26)13-7-8-16-18(11-13)27-19-12-17(24)14-5-3-4-6-15(14)21(19)22-16/h3-8,11-12H,2,9-10H2,1H3,(H,25,26). The minimum atomic E-state index is -0.832. The van der Waals surface area contributed by atoms with Crippen molar-refractivity contribution >= 4 is 33.5 Å². The molecule has 0 bridgehead atoms. The van der Waals surface area contributed by atoms with Gasteiger partial charge in [-0.15, -0.1) is 0 Å². The molecule has 0 amide bonds. The quantitative estimate of drug-likeness (QED) is 0.430. The van der Waals surface area contributed by atoms with E-state index in [4.69, 9.17) is 14.5 Å². The van der Waals surface area contributed by atoms with Gasteiger partial charge in [0.2, 0.25) is 0 Å². The van der Waals surface area contributed by atoms with Crippen molar-refractivity contribution in [2.75, 3.05) is 18.0 Å². The van der Waals surface area contributed by atoms with Gasteiger partial charge in [0.15, 0.2) is 16.8 Å². The van der Waals surface area contributed by atoms with Crippen molar-refractivity contribution in [3.63, 3.8) is 0 Å². The number of hydrogen-bond acceptors (Lipinski definition) is 5. The minimum absolute atomic E-state index is 0.0600. The molecule has 6 nitrogen and oxygen atoms in total. The molecule has 4 rings (SSSR count). The molecule has 0 aromatic heterocycles. The van der Waals surface area contributed by atoms with E-state index in [1.54, 1.807) is 6.07 Å². The molecule has 0 atom stereocenters. The summed E-state index contributed by atoms with van der Waals surface area (Å²) in [6.07, 6.45) is 0.0600. The first-order valence-corrected chi connectivity index (χ1v) is 8.80. The predicted molar refractivity (Wildman–Crippen MR) is 105 cm³/mol. The van der Waals surface area contributed by atoms with E-state index in [0.29, 0.717) is 41.0 Å². The average molecular weight is 362 g/mol. The fourth-order valence-electron chi connectivity index (χ4n) is 3.31. The van der Waals surface area contributed by atoms with Gasteiger partial charge in [0, 0.05) is 41.7 Å². The van der Waals surface area contributed by atoms with Crippen LogP contribution >= 0.6 is 0 Å². The van der Waals surface area contributed by atoms with Crippen molar-refractivity contribution in [3.8, 4) is 11.5 Å². The van der Waals surface area contributed by atoms with Crippen LogP contribution in [0.2, 0.25) is 0 Å². The van der Waals surface area contributed by atoms with Crippen molar-refractivity contribution in [2.24, 2.45) is 0 Å². The Kier molecular flexibility index (Phi) is 4.24. The van der Waals surface area contributed by atoms with Crippen molar-refractivity contribution in [3.05, 3.63) is 58.8 Å². The van der Waals surface area contributed by atoms with Crippen LogP contribution in [0.3, 0.4) is 0 Å². The van der Waals surface area contributed by atoms with E-state index >= 15 is 0 Å². The Morgan fingerprint density at radius 3 is 2.67 bits per heavy atom. The number of aliphatic carboxylic acids is 1. The molecule has 6 heteroatoms. The van der Waals surface area contributed by atoms with E-state index in [2.05, 4.69) is 0 Å². The van der Waals surface area contributed by atoms with Gasteiger partial charge in [-0.3, -0.25) is 9.59 Å². The number of hydrogen-bond donors (Lipinski definition) is 1. The van der Waals surface area contributed by atoms with Gasteiger partial charge >= 0.3 is 5.97 Å². The summed E-state index contributed by atoms with van der Waals surface area (Å²) >= 11 is 0. The number of anilines is 1. The van der Waals surface area contributed by atoms with Crippen molar-refractivity contribution in [2.45, 2.75) is 13.3 Å². The summed E-state index contributed by atoms with van der Waals surface area (Å²) in [5.74, 6) is -0.390. The summed E-state index contributed by atoms with van der Waals surface area (Å²) in [6.45, 7) is 3.06. The Labute approximate surface area is 155 Å². The molecule has 2 aromatic rings. The molecule has 2 aromatic carbocycles. The highest BCUT2D eigenvalue weighted by molar-refractivity contribution is 5.96. The molecule has 27 heavy (non-hydrogen) atoms. The molecular formula is C21H18N2O4. The van der Waals surface area contributed by atoms with Gasteiger partial charge in [0.05, 0.1) is 6.42 Å². The van der Waals surface area contributed by atoms with Crippen LogP contribution in [0.15, 0.2) is 57.7 Å². The number of nitrogens with zero attached hydrogens (tertiary/aromatic N) is 2. The minimum Gasteiger partial charge on any atom is -0.481 e. The summed E-state index contributed by atoms with van der Waals surface area (Å²) in [5, 5.41) is 10.3. The van der Waals surface area contributed by atoms with Gasteiger partial charge < -0.3 is 14.4 Å². The Bertz CT molecular complexity index is 1180. The lowest BCUT2D eigenvalue weighted by Crippen LogP contribution is -2.25. The van der Waals surface area contributed by atoms with Crippen LogP contribution in [-0.4, -0.2) is 29.1 Å². The third-order valence-corrected chi connectivity index (χ3v) is 4.68. The Hall–Kier alpha value is -3.41. The molecule has 0 spiro atoms. The summed E-state index contributed by atoms with van der Waals surface area (Å²) in [6, 6.07) is 14.4. The van der Waals surface area contributed by atoms with Crippen LogP contribution < -0.4 is 10.3 Å². The van der Waals surface area contributed by atoms with Gasteiger partial charge in [-0.25, -0.2) is 4.98 Å². The normalized spacial score (nSPS) is 11.3. The van der Waals surface area contributed by atoms with E-state index in [9.17, 15) is 9.59 Å². The Balaban J connectivity index is 1.86. The highest BCUT2D eigenvalue weighted by atomic mass is 16.4. The van der Waals surface area contributed by atoms with E-state index in [1.807, 2.05) is 48.2 Å². The molecule has 1 N–H and O–H groups in total. The first kappa shape index (κ1) is 17.0. The van der Waals surface area contributed by atoms with Crippen LogP contribution in [0.25, 0.3) is 33.3 Å². The molecule has 1 heterocycles. The molecule has 0 saturated carbocycles. The zero-order valence-electron chi connectivity index (χ0n) is 14.8. The summed E-state index contributed by atoms with van der Waals surface area (Å²) < 4.78 is 5.99. The smallest absolute Gasteiger partial charge is 0.305 e. The summed E-state index contributed by atoms with van der Waals surface area (Å²) in [5.41, 5.74) is 2.66. The molecular weight excluding hydrogens is 344 g/mol. The zero-order chi connectivity index (χ0) is 19.0. The number of rotatable bonds is 5. The molecule has 2 aliphatic rings. The van der Waals surface area contributed by atoms with Gasteiger partial charge in [-0.2, -0.15) is 0 Å². The van der Waals surface area contributed by atoms with Crippen LogP contribution in [-0.2, 0) is 4.79 Å². The molecule has 136 valence electrons. The first-order valence-electron chi connectivity index (χ1n) is 8.80. The Morgan fingerprint density at radius 2 is 1.93 bits per heavy atom. The maximum Gasteiger partial charge on any atom is 0.305 e. The van der Waals surface area contributed by atoms with Crippen LogP contribution in [0.5, 0.6) is 0 Å². The summed E-state index contributed by atoms with van der Waals surface area (Å²) in [4.78, 5) is 29.9. The number of benzene rings is 3. The lowest BCUT2D eigenvalue weighted by atomic mass is 10.0. The van der Waals surface area contributed by atoms with E-state index < -0.39 is 5.97 Å². The largest absolute Gasteiger partial charge is 0.481 e. The predicted octanol–water partition coefficient (Wildman–Crippen LogP) is 3.75.